The molecule has 0 aliphatic heterocycles. The predicted molar refractivity (Wildman–Crippen MR) is 58.8 cm³/mol. The van der Waals surface area contributed by atoms with Gasteiger partial charge in [0.15, 0.2) is 0 Å². The van der Waals surface area contributed by atoms with Crippen molar-refractivity contribution in [3.8, 4) is 12.3 Å². The summed E-state index contributed by atoms with van der Waals surface area (Å²) < 4.78 is 0. The van der Waals surface area contributed by atoms with Gasteiger partial charge in [-0.05, 0) is 37.9 Å². The lowest BCUT2D eigenvalue weighted by atomic mass is 10.2. The van der Waals surface area contributed by atoms with Crippen molar-refractivity contribution in [2.75, 3.05) is 7.05 Å². The molecule has 0 aliphatic rings. The highest BCUT2D eigenvalue weighted by molar-refractivity contribution is 7.10. The first-order chi connectivity index (χ1) is 6.15. The van der Waals surface area contributed by atoms with Gasteiger partial charge in [-0.1, -0.05) is 5.92 Å². The van der Waals surface area contributed by atoms with Gasteiger partial charge in [0.1, 0.15) is 0 Å². The van der Waals surface area contributed by atoms with E-state index in [4.69, 9.17) is 6.42 Å². The first-order valence-electron chi connectivity index (χ1n) is 4.34. The van der Waals surface area contributed by atoms with E-state index in [2.05, 4.69) is 36.2 Å². The maximum absolute atomic E-state index is 5.35. The molecular weight excluding hydrogens is 178 g/mol. The molecule has 0 spiro atoms. The summed E-state index contributed by atoms with van der Waals surface area (Å²) in [5.74, 6) is 2.73. The van der Waals surface area contributed by atoms with E-state index in [0.29, 0.717) is 0 Å². The van der Waals surface area contributed by atoms with Gasteiger partial charge in [0.05, 0.1) is 6.04 Å². The largest absolute Gasteiger partial charge is 0.288 e. The number of terminal acetylenes is 1. The number of hydrogen-bond acceptors (Lipinski definition) is 2. The van der Waals surface area contributed by atoms with Crippen molar-refractivity contribution < 1.29 is 0 Å². The summed E-state index contributed by atoms with van der Waals surface area (Å²) in [6.07, 6.45) is 5.35. The zero-order valence-electron chi connectivity index (χ0n) is 8.37. The maximum atomic E-state index is 5.35. The Hall–Kier alpha value is -0.780. The van der Waals surface area contributed by atoms with Crippen LogP contribution in [-0.2, 0) is 6.54 Å². The van der Waals surface area contributed by atoms with E-state index < -0.39 is 0 Å². The molecule has 1 unspecified atom stereocenters. The maximum Gasteiger partial charge on any atom is 0.0683 e. The summed E-state index contributed by atoms with van der Waals surface area (Å²) in [7, 11) is 2.06. The average Bonchev–Trinajstić information content (AvgIpc) is 2.50. The number of aryl methyl sites for hydroxylation is 1. The van der Waals surface area contributed by atoms with Crippen LogP contribution in [0.3, 0.4) is 0 Å². The van der Waals surface area contributed by atoms with E-state index in [1.165, 1.54) is 10.4 Å². The molecule has 70 valence electrons. The molecule has 0 aromatic carbocycles. The van der Waals surface area contributed by atoms with Crippen LogP contribution < -0.4 is 0 Å². The first kappa shape index (κ1) is 10.3. The second-order valence-corrected chi connectivity index (χ2v) is 4.29. The van der Waals surface area contributed by atoms with Crippen molar-refractivity contribution >= 4 is 11.3 Å². The molecule has 0 bridgehead atoms. The Morgan fingerprint density at radius 2 is 2.38 bits per heavy atom. The lowest BCUT2D eigenvalue weighted by Crippen LogP contribution is -2.26. The zero-order valence-corrected chi connectivity index (χ0v) is 9.19. The summed E-state index contributed by atoms with van der Waals surface area (Å²) in [4.78, 5) is 3.59. The van der Waals surface area contributed by atoms with E-state index in [1.807, 2.05) is 6.92 Å². The fourth-order valence-electron chi connectivity index (χ4n) is 1.06. The van der Waals surface area contributed by atoms with Gasteiger partial charge in [0.25, 0.3) is 0 Å². The predicted octanol–water partition coefficient (Wildman–Crippen LogP) is 2.51. The van der Waals surface area contributed by atoms with Crippen molar-refractivity contribution in [1.82, 2.24) is 4.90 Å². The fourth-order valence-corrected chi connectivity index (χ4v) is 2.03. The minimum Gasteiger partial charge on any atom is -0.288 e. The molecule has 0 aliphatic carbocycles. The fraction of sp³-hybridized carbons (Fsp3) is 0.455. The summed E-state index contributed by atoms with van der Waals surface area (Å²) in [5, 5.41) is 2.12. The van der Waals surface area contributed by atoms with Crippen molar-refractivity contribution in [3.63, 3.8) is 0 Å². The minimum absolute atomic E-state index is 0.210. The SMILES string of the molecule is C#CC(C)N(C)Cc1sccc1C. The van der Waals surface area contributed by atoms with Gasteiger partial charge in [0.2, 0.25) is 0 Å². The van der Waals surface area contributed by atoms with Gasteiger partial charge in [-0.3, -0.25) is 4.90 Å². The van der Waals surface area contributed by atoms with Gasteiger partial charge in [-0.2, -0.15) is 0 Å². The highest BCUT2D eigenvalue weighted by Gasteiger charge is 2.08. The minimum atomic E-state index is 0.210. The van der Waals surface area contributed by atoms with Crippen LogP contribution in [0.2, 0.25) is 0 Å². The first-order valence-corrected chi connectivity index (χ1v) is 5.22. The molecular formula is C11H15NS. The van der Waals surface area contributed by atoms with Crippen LogP contribution in [0.15, 0.2) is 11.4 Å². The van der Waals surface area contributed by atoms with E-state index in [1.54, 1.807) is 11.3 Å². The Balaban J connectivity index is 2.60. The molecule has 13 heavy (non-hydrogen) atoms. The van der Waals surface area contributed by atoms with Crippen LogP contribution in [0.1, 0.15) is 17.4 Å². The Labute approximate surface area is 84.4 Å². The zero-order chi connectivity index (χ0) is 9.84. The molecule has 0 saturated heterocycles. The second kappa shape index (κ2) is 4.45. The van der Waals surface area contributed by atoms with Crippen molar-refractivity contribution in [3.05, 3.63) is 21.9 Å². The third kappa shape index (κ3) is 2.58. The number of hydrogen-bond donors (Lipinski definition) is 0. The monoisotopic (exact) mass is 193 g/mol. The Kier molecular flexibility index (Phi) is 3.53. The third-order valence-corrected chi connectivity index (χ3v) is 3.27. The molecule has 0 saturated carbocycles. The van der Waals surface area contributed by atoms with Gasteiger partial charge in [0, 0.05) is 11.4 Å². The van der Waals surface area contributed by atoms with Crippen LogP contribution in [-0.4, -0.2) is 18.0 Å². The Morgan fingerprint density at radius 1 is 1.69 bits per heavy atom. The molecule has 1 aromatic rings. The van der Waals surface area contributed by atoms with Crippen LogP contribution in [0.25, 0.3) is 0 Å². The van der Waals surface area contributed by atoms with Gasteiger partial charge >= 0.3 is 0 Å². The van der Waals surface area contributed by atoms with Crippen LogP contribution in [0.4, 0.5) is 0 Å². The van der Waals surface area contributed by atoms with E-state index >= 15 is 0 Å². The molecule has 0 radical (unpaired) electrons. The van der Waals surface area contributed by atoms with Gasteiger partial charge in [-0.15, -0.1) is 17.8 Å². The van der Waals surface area contributed by atoms with Gasteiger partial charge in [-0.25, -0.2) is 0 Å². The third-order valence-electron chi connectivity index (χ3n) is 2.26. The highest BCUT2D eigenvalue weighted by Crippen LogP contribution is 2.17. The molecule has 1 atom stereocenters. The lowest BCUT2D eigenvalue weighted by molar-refractivity contribution is 0.299. The van der Waals surface area contributed by atoms with Gasteiger partial charge < -0.3 is 0 Å². The van der Waals surface area contributed by atoms with Crippen molar-refractivity contribution in [2.45, 2.75) is 26.4 Å². The topological polar surface area (TPSA) is 3.24 Å². The summed E-state index contributed by atoms with van der Waals surface area (Å²) >= 11 is 1.80. The second-order valence-electron chi connectivity index (χ2n) is 3.28. The average molecular weight is 193 g/mol. The van der Waals surface area contributed by atoms with Crippen LogP contribution in [0, 0.1) is 19.3 Å². The number of thiophene rings is 1. The molecule has 2 heteroatoms. The molecule has 0 fully saturated rings. The lowest BCUT2D eigenvalue weighted by Gasteiger charge is -2.19. The summed E-state index contributed by atoms with van der Waals surface area (Å²) in [6, 6.07) is 2.36. The molecule has 1 aromatic heterocycles. The smallest absolute Gasteiger partial charge is 0.0683 e. The molecule has 1 rings (SSSR count). The normalized spacial score (nSPS) is 12.8. The number of nitrogens with zero attached hydrogens (tertiary/aromatic N) is 1. The quantitative estimate of drug-likeness (QED) is 0.667. The van der Waals surface area contributed by atoms with Crippen molar-refractivity contribution in [1.29, 1.82) is 0 Å². The van der Waals surface area contributed by atoms with E-state index in [0.717, 1.165) is 6.54 Å². The standard InChI is InChI=1S/C11H15NS/c1-5-10(3)12(4)8-11-9(2)6-7-13-11/h1,6-7,10H,8H2,2-4H3. The highest BCUT2D eigenvalue weighted by atomic mass is 32.1. The summed E-state index contributed by atoms with van der Waals surface area (Å²) in [6.45, 7) is 5.14. The van der Waals surface area contributed by atoms with E-state index in [9.17, 15) is 0 Å². The number of rotatable bonds is 3. The Morgan fingerprint density at radius 3 is 2.85 bits per heavy atom. The molecule has 0 N–H and O–H groups in total. The molecule has 1 nitrogen and oxygen atoms in total. The van der Waals surface area contributed by atoms with Crippen LogP contribution in [0.5, 0.6) is 0 Å². The Bertz CT molecular complexity index is 308. The molecule has 1 heterocycles. The van der Waals surface area contributed by atoms with Crippen molar-refractivity contribution in [2.24, 2.45) is 0 Å². The van der Waals surface area contributed by atoms with Crippen LogP contribution >= 0.6 is 11.3 Å². The summed E-state index contributed by atoms with van der Waals surface area (Å²) in [5.41, 5.74) is 1.36. The molecule has 0 amide bonds. The van der Waals surface area contributed by atoms with E-state index in [-0.39, 0.29) is 6.04 Å².